The maximum Gasteiger partial charge on any atom is 0.290 e. The molecule has 0 N–H and O–H groups in total. The van der Waals surface area contributed by atoms with Crippen molar-refractivity contribution in [3.8, 4) is 5.75 Å². The van der Waals surface area contributed by atoms with Crippen molar-refractivity contribution in [1.29, 1.82) is 0 Å². The molecule has 178 valence electrons. The predicted molar refractivity (Wildman–Crippen MR) is 126 cm³/mol. The molecule has 2 amide bonds. The minimum Gasteiger partial charge on any atom is -0.497 e. The maximum absolute atomic E-state index is 12.9. The second kappa shape index (κ2) is 12.0. The highest BCUT2D eigenvalue weighted by Gasteiger charge is 2.34. The molecule has 1 aliphatic heterocycles. The number of Topliss-reactive ketones (excluding diaryl/α,β-unsaturated/α-hetero) is 1. The van der Waals surface area contributed by atoms with Crippen molar-refractivity contribution < 1.29 is 19.1 Å². The molecule has 32 heavy (non-hydrogen) atoms. The molecular weight excluding hydrogens is 404 g/mol. The fourth-order valence-corrected chi connectivity index (χ4v) is 4.38. The number of hydrogen-bond donors (Lipinski definition) is 0. The first-order chi connectivity index (χ1) is 15.2. The van der Waals surface area contributed by atoms with Gasteiger partial charge in [-0.05, 0) is 55.2 Å². The van der Waals surface area contributed by atoms with E-state index in [1.807, 2.05) is 44.0 Å². The Morgan fingerprint density at radius 3 is 2.38 bits per heavy atom. The fourth-order valence-electron chi connectivity index (χ4n) is 4.38. The molecule has 1 fully saturated rings. The number of rotatable bonds is 10. The minimum absolute atomic E-state index is 0.0378. The van der Waals surface area contributed by atoms with Gasteiger partial charge in [-0.2, -0.15) is 0 Å². The minimum atomic E-state index is -0.355. The topological polar surface area (TPSA) is 66.9 Å². The monoisotopic (exact) mass is 444 g/mol. The van der Waals surface area contributed by atoms with Gasteiger partial charge in [0.1, 0.15) is 5.75 Å². The Balaban J connectivity index is 2.14. The van der Waals surface area contributed by atoms with Crippen LogP contribution in [0.2, 0.25) is 0 Å². The van der Waals surface area contributed by atoms with Crippen LogP contribution in [0.3, 0.4) is 0 Å². The van der Waals surface area contributed by atoms with E-state index in [9.17, 15) is 14.4 Å². The van der Waals surface area contributed by atoms with E-state index >= 15 is 0 Å². The summed E-state index contributed by atoms with van der Waals surface area (Å²) in [4.78, 5) is 41.5. The van der Waals surface area contributed by atoms with Crippen molar-refractivity contribution in [2.45, 2.75) is 65.8 Å². The average Bonchev–Trinajstić information content (AvgIpc) is 2.80. The molecule has 0 saturated carbocycles. The van der Waals surface area contributed by atoms with Gasteiger partial charge >= 0.3 is 0 Å². The van der Waals surface area contributed by atoms with Gasteiger partial charge in [-0.25, -0.2) is 0 Å². The molecule has 6 heteroatoms. The Kier molecular flexibility index (Phi) is 9.73. The Bertz CT molecular complexity index is 784. The van der Waals surface area contributed by atoms with Crippen LogP contribution < -0.4 is 4.74 Å². The van der Waals surface area contributed by atoms with Gasteiger partial charge < -0.3 is 14.5 Å². The van der Waals surface area contributed by atoms with Crippen LogP contribution in [0.15, 0.2) is 24.3 Å². The number of nitrogens with zero attached hydrogens (tertiary/aromatic N) is 2. The summed E-state index contributed by atoms with van der Waals surface area (Å²) in [5.74, 6) is 0.647. The number of carbonyl (C=O) groups is 3. The highest BCUT2D eigenvalue weighted by atomic mass is 16.5. The molecule has 0 spiro atoms. The Morgan fingerprint density at radius 2 is 1.81 bits per heavy atom. The van der Waals surface area contributed by atoms with Crippen LogP contribution in [0.25, 0.3) is 0 Å². The fraction of sp³-hybridized carbons (Fsp3) is 0.654. The molecule has 0 bridgehead atoms. The lowest BCUT2D eigenvalue weighted by Crippen LogP contribution is -2.50. The molecule has 6 nitrogen and oxygen atoms in total. The SMILES string of the molecule is CC[C@@H](C)C(=O)C(=O)N1CCC([C@@H](Cc2cccc(OC)c2)N(C)C(=O)CC(C)C)CC1. The van der Waals surface area contributed by atoms with E-state index in [4.69, 9.17) is 4.74 Å². The summed E-state index contributed by atoms with van der Waals surface area (Å²) in [6.07, 6.45) is 3.50. The summed E-state index contributed by atoms with van der Waals surface area (Å²) in [5, 5.41) is 0. The normalized spacial score (nSPS) is 16.5. The maximum atomic E-state index is 12.9. The van der Waals surface area contributed by atoms with Gasteiger partial charge in [0.2, 0.25) is 11.7 Å². The molecule has 1 aromatic rings. The Morgan fingerprint density at radius 1 is 1.16 bits per heavy atom. The van der Waals surface area contributed by atoms with Crippen molar-refractivity contribution in [2.24, 2.45) is 17.8 Å². The third-order valence-corrected chi connectivity index (χ3v) is 6.69. The van der Waals surface area contributed by atoms with Gasteiger partial charge in [-0.1, -0.05) is 39.8 Å². The molecule has 0 aliphatic carbocycles. The van der Waals surface area contributed by atoms with Gasteiger partial charge in [0.15, 0.2) is 0 Å². The molecule has 0 radical (unpaired) electrons. The summed E-state index contributed by atoms with van der Waals surface area (Å²) < 4.78 is 5.38. The van der Waals surface area contributed by atoms with E-state index < -0.39 is 0 Å². The lowest BCUT2D eigenvalue weighted by Gasteiger charge is -2.40. The first kappa shape index (κ1) is 25.9. The number of benzene rings is 1. The van der Waals surface area contributed by atoms with Crippen LogP contribution >= 0.6 is 0 Å². The van der Waals surface area contributed by atoms with Crippen molar-refractivity contribution in [3.63, 3.8) is 0 Å². The summed E-state index contributed by atoms with van der Waals surface area (Å²) in [7, 11) is 3.56. The van der Waals surface area contributed by atoms with Crippen molar-refractivity contribution >= 4 is 17.6 Å². The van der Waals surface area contributed by atoms with Crippen LogP contribution in [-0.4, -0.2) is 60.7 Å². The molecular formula is C26H40N2O4. The van der Waals surface area contributed by atoms with Crippen LogP contribution in [0.4, 0.5) is 0 Å². The van der Waals surface area contributed by atoms with Gasteiger partial charge in [-0.15, -0.1) is 0 Å². The number of ketones is 1. The molecule has 1 aromatic carbocycles. The smallest absolute Gasteiger partial charge is 0.290 e. The number of likely N-dealkylation sites (N-methyl/N-ethyl adjacent to an activating group) is 1. The molecule has 2 atom stereocenters. The van der Waals surface area contributed by atoms with Crippen LogP contribution in [-0.2, 0) is 20.8 Å². The van der Waals surface area contributed by atoms with Crippen molar-refractivity contribution in [1.82, 2.24) is 9.80 Å². The van der Waals surface area contributed by atoms with Crippen LogP contribution in [0, 0.1) is 17.8 Å². The van der Waals surface area contributed by atoms with E-state index in [1.54, 1.807) is 12.0 Å². The van der Waals surface area contributed by atoms with Crippen LogP contribution in [0.1, 0.15) is 58.9 Å². The zero-order valence-electron chi connectivity index (χ0n) is 20.6. The number of carbonyl (C=O) groups excluding carboxylic acids is 3. The second-order valence-corrected chi connectivity index (χ2v) is 9.53. The summed E-state index contributed by atoms with van der Waals surface area (Å²) in [6.45, 7) is 8.98. The number of methoxy groups -OCH3 is 1. The molecule has 0 aromatic heterocycles. The van der Waals surface area contributed by atoms with Crippen LogP contribution in [0.5, 0.6) is 5.75 Å². The van der Waals surface area contributed by atoms with Gasteiger partial charge in [0.25, 0.3) is 5.91 Å². The quantitative estimate of drug-likeness (QED) is 0.512. The van der Waals surface area contributed by atoms with E-state index in [2.05, 4.69) is 19.9 Å². The third-order valence-electron chi connectivity index (χ3n) is 6.69. The average molecular weight is 445 g/mol. The first-order valence-corrected chi connectivity index (χ1v) is 11.9. The lowest BCUT2D eigenvalue weighted by molar-refractivity contribution is -0.148. The summed E-state index contributed by atoms with van der Waals surface area (Å²) in [6, 6.07) is 8.03. The van der Waals surface area contributed by atoms with Crippen molar-refractivity contribution in [3.05, 3.63) is 29.8 Å². The third kappa shape index (κ3) is 6.81. The summed E-state index contributed by atoms with van der Waals surface area (Å²) in [5.41, 5.74) is 1.13. The number of hydrogen-bond acceptors (Lipinski definition) is 4. The molecule has 1 aliphatic rings. The standard InChI is InChI=1S/C26H40N2O4/c1-7-19(4)25(30)26(31)28-13-11-21(12-14-28)23(27(5)24(29)15-18(2)3)17-20-9-8-10-22(16-20)32-6/h8-10,16,18-19,21,23H,7,11-15,17H2,1-6H3/t19-,23-/m1/s1. The molecule has 2 rings (SSSR count). The summed E-state index contributed by atoms with van der Waals surface area (Å²) >= 11 is 0. The lowest BCUT2D eigenvalue weighted by atomic mass is 9.84. The van der Waals surface area contributed by atoms with E-state index in [1.165, 1.54) is 0 Å². The highest BCUT2D eigenvalue weighted by Crippen LogP contribution is 2.28. The van der Waals surface area contributed by atoms with Crippen molar-refractivity contribution in [2.75, 3.05) is 27.2 Å². The number of likely N-dealkylation sites (tertiary alicyclic amines) is 1. The second-order valence-electron chi connectivity index (χ2n) is 9.53. The predicted octanol–water partition coefficient (Wildman–Crippen LogP) is 3.96. The van der Waals surface area contributed by atoms with Gasteiger partial charge in [0, 0.05) is 38.5 Å². The Labute approximate surface area is 193 Å². The van der Waals surface area contributed by atoms with E-state index in [0.717, 1.165) is 30.6 Å². The number of piperidine rings is 1. The molecule has 1 heterocycles. The zero-order chi connectivity index (χ0) is 23.8. The first-order valence-electron chi connectivity index (χ1n) is 11.9. The van der Waals surface area contributed by atoms with E-state index in [0.29, 0.717) is 31.8 Å². The number of ether oxygens (including phenoxy) is 1. The zero-order valence-corrected chi connectivity index (χ0v) is 20.6. The van der Waals surface area contributed by atoms with Gasteiger partial charge in [-0.3, -0.25) is 14.4 Å². The molecule has 0 unspecified atom stereocenters. The van der Waals surface area contributed by atoms with E-state index in [-0.39, 0.29) is 35.5 Å². The largest absolute Gasteiger partial charge is 0.497 e. The highest BCUT2D eigenvalue weighted by molar-refractivity contribution is 6.36. The Hall–Kier alpha value is -2.37. The molecule has 1 saturated heterocycles. The number of amides is 2. The van der Waals surface area contributed by atoms with Gasteiger partial charge in [0.05, 0.1) is 7.11 Å².